The van der Waals surface area contributed by atoms with E-state index in [1.54, 1.807) is 0 Å². The van der Waals surface area contributed by atoms with E-state index in [0.717, 1.165) is 16.8 Å². The van der Waals surface area contributed by atoms with Gasteiger partial charge in [0.2, 0.25) is 5.28 Å². The predicted octanol–water partition coefficient (Wildman–Crippen LogP) is 3.81. The van der Waals surface area contributed by atoms with E-state index in [9.17, 15) is 4.79 Å². The van der Waals surface area contributed by atoms with Crippen molar-refractivity contribution in [3.63, 3.8) is 0 Å². The van der Waals surface area contributed by atoms with Crippen LogP contribution in [0.4, 0.5) is 5.69 Å². The summed E-state index contributed by atoms with van der Waals surface area (Å²) in [5.74, 6) is 0.0875. The minimum Gasteiger partial charge on any atom is -0.321 e. The number of halogens is 1. The first kappa shape index (κ1) is 14.5. The van der Waals surface area contributed by atoms with Crippen molar-refractivity contribution in [3.05, 3.63) is 52.6 Å². The number of hydrogen-bond donors (Lipinski definition) is 1. The Morgan fingerprint density at radius 3 is 2.50 bits per heavy atom. The predicted molar refractivity (Wildman–Crippen MR) is 80.3 cm³/mol. The van der Waals surface area contributed by atoms with Gasteiger partial charge in [0.15, 0.2) is 0 Å². The Kier molecular flexibility index (Phi) is 4.35. The van der Waals surface area contributed by atoms with Gasteiger partial charge in [0.05, 0.1) is 5.56 Å². The molecular formula is C15H16ClN3O. The molecule has 0 aliphatic rings. The van der Waals surface area contributed by atoms with E-state index < -0.39 is 0 Å². The van der Waals surface area contributed by atoms with Gasteiger partial charge in [-0.1, -0.05) is 32.0 Å². The topological polar surface area (TPSA) is 54.9 Å². The average Bonchev–Trinajstić information content (AvgIpc) is 2.41. The van der Waals surface area contributed by atoms with Crippen LogP contribution in [0.3, 0.4) is 0 Å². The number of carbonyl (C=O) groups excluding carboxylic acids is 1. The average molecular weight is 290 g/mol. The lowest BCUT2D eigenvalue weighted by Gasteiger charge is -2.16. The maximum atomic E-state index is 12.2. The van der Waals surface area contributed by atoms with Crippen LogP contribution in [-0.4, -0.2) is 15.9 Å². The molecule has 2 rings (SSSR count). The Labute approximate surface area is 123 Å². The summed E-state index contributed by atoms with van der Waals surface area (Å²) in [5.41, 5.74) is 3.36. The highest BCUT2D eigenvalue weighted by Crippen LogP contribution is 2.27. The molecule has 0 spiro atoms. The monoisotopic (exact) mass is 289 g/mol. The summed E-state index contributed by atoms with van der Waals surface area (Å²) in [5, 5.41) is 3.06. The van der Waals surface area contributed by atoms with Crippen LogP contribution in [0, 0.1) is 6.92 Å². The number of carbonyl (C=O) groups is 1. The summed E-state index contributed by atoms with van der Waals surface area (Å²) in [6.45, 7) is 6.16. The van der Waals surface area contributed by atoms with Crippen LogP contribution in [0.25, 0.3) is 0 Å². The van der Waals surface area contributed by atoms with Gasteiger partial charge < -0.3 is 5.32 Å². The van der Waals surface area contributed by atoms with Crippen LogP contribution in [0.15, 0.2) is 30.6 Å². The molecule has 0 saturated heterocycles. The van der Waals surface area contributed by atoms with Crippen molar-refractivity contribution in [1.82, 2.24) is 9.97 Å². The number of hydrogen-bond acceptors (Lipinski definition) is 3. The second-order valence-corrected chi connectivity index (χ2v) is 5.23. The molecule has 1 aromatic carbocycles. The maximum absolute atomic E-state index is 12.2. The highest BCUT2D eigenvalue weighted by Gasteiger charge is 2.13. The zero-order valence-corrected chi connectivity index (χ0v) is 12.4. The van der Waals surface area contributed by atoms with Gasteiger partial charge in [0.1, 0.15) is 0 Å². The Hall–Kier alpha value is -1.94. The Morgan fingerprint density at radius 1 is 1.25 bits per heavy atom. The summed E-state index contributed by atoms with van der Waals surface area (Å²) in [7, 11) is 0. The molecule has 20 heavy (non-hydrogen) atoms. The first-order valence-corrected chi connectivity index (χ1v) is 6.75. The van der Waals surface area contributed by atoms with E-state index in [2.05, 4.69) is 29.1 Å². The number of rotatable bonds is 3. The number of nitrogens with zero attached hydrogens (tertiary/aromatic N) is 2. The van der Waals surface area contributed by atoms with Crippen LogP contribution in [0.2, 0.25) is 5.28 Å². The number of aryl methyl sites for hydroxylation is 1. The van der Waals surface area contributed by atoms with E-state index in [1.807, 2.05) is 25.1 Å². The van der Waals surface area contributed by atoms with Gasteiger partial charge in [-0.05, 0) is 35.6 Å². The molecule has 0 radical (unpaired) electrons. The quantitative estimate of drug-likeness (QED) is 0.874. The molecule has 4 nitrogen and oxygen atoms in total. The number of nitrogens with one attached hydrogen (secondary N) is 1. The van der Waals surface area contributed by atoms with Crippen molar-refractivity contribution in [2.45, 2.75) is 26.7 Å². The molecule has 0 unspecified atom stereocenters. The van der Waals surface area contributed by atoms with E-state index in [0.29, 0.717) is 11.5 Å². The van der Waals surface area contributed by atoms with Gasteiger partial charge in [0, 0.05) is 18.1 Å². The van der Waals surface area contributed by atoms with Gasteiger partial charge in [-0.2, -0.15) is 0 Å². The van der Waals surface area contributed by atoms with Gasteiger partial charge >= 0.3 is 0 Å². The molecule has 0 aliphatic heterocycles. The second-order valence-electron chi connectivity index (χ2n) is 4.89. The molecule has 0 atom stereocenters. The fourth-order valence-corrected chi connectivity index (χ4v) is 2.06. The van der Waals surface area contributed by atoms with Crippen molar-refractivity contribution < 1.29 is 4.79 Å². The van der Waals surface area contributed by atoms with Gasteiger partial charge in [-0.25, -0.2) is 9.97 Å². The van der Waals surface area contributed by atoms with Gasteiger partial charge in [-0.3, -0.25) is 4.79 Å². The maximum Gasteiger partial charge on any atom is 0.258 e. The van der Waals surface area contributed by atoms with Crippen LogP contribution >= 0.6 is 11.6 Å². The van der Waals surface area contributed by atoms with Crippen LogP contribution in [-0.2, 0) is 0 Å². The van der Waals surface area contributed by atoms with Crippen molar-refractivity contribution in [1.29, 1.82) is 0 Å². The summed E-state index contributed by atoms with van der Waals surface area (Å²) in [6, 6.07) is 5.98. The Morgan fingerprint density at radius 2 is 1.90 bits per heavy atom. The van der Waals surface area contributed by atoms with Crippen LogP contribution < -0.4 is 5.32 Å². The fraction of sp³-hybridized carbons (Fsp3) is 0.267. The fourth-order valence-electron chi connectivity index (χ4n) is 1.96. The lowest BCUT2D eigenvalue weighted by Crippen LogP contribution is -2.15. The Bertz CT molecular complexity index is 624. The number of benzene rings is 1. The summed E-state index contributed by atoms with van der Waals surface area (Å²) in [6.07, 6.45) is 2.83. The molecular weight excluding hydrogens is 274 g/mol. The summed E-state index contributed by atoms with van der Waals surface area (Å²) < 4.78 is 0. The highest BCUT2D eigenvalue weighted by atomic mass is 35.5. The zero-order valence-electron chi connectivity index (χ0n) is 11.6. The number of amides is 1. The molecule has 0 fully saturated rings. The largest absolute Gasteiger partial charge is 0.321 e. The van der Waals surface area contributed by atoms with E-state index in [1.165, 1.54) is 12.4 Å². The molecule has 1 N–H and O–H groups in total. The minimum absolute atomic E-state index is 0.125. The standard InChI is InChI=1S/C15H16ClN3O/c1-9(2)12-6-4-5-10(3)13(12)19-14(20)11-7-17-15(16)18-8-11/h4-9H,1-3H3,(H,19,20). The summed E-state index contributed by atoms with van der Waals surface area (Å²) >= 11 is 5.61. The van der Waals surface area contributed by atoms with Crippen LogP contribution in [0.1, 0.15) is 41.3 Å². The molecule has 1 aromatic heterocycles. The minimum atomic E-state index is -0.238. The third kappa shape index (κ3) is 3.14. The first-order chi connectivity index (χ1) is 9.49. The van der Waals surface area contributed by atoms with Crippen molar-refractivity contribution >= 4 is 23.2 Å². The molecule has 5 heteroatoms. The number of anilines is 1. The highest BCUT2D eigenvalue weighted by molar-refractivity contribution is 6.28. The van der Waals surface area contributed by atoms with E-state index >= 15 is 0 Å². The normalized spacial score (nSPS) is 10.7. The van der Waals surface area contributed by atoms with E-state index in [4.69, 9.17) is 11.6 Å². The molecule has 0 saturated carbocycles. The van der Waals surface area contributed by atoms with Crippen molar-refractivity contribution in [3.8, 4) is 0 Å². The van der Waals surface area contributed by atoms with Crippen molar-refractivity contribution in [2.24, 2.45) is 0 Å². The lowest BCUT2D eigenvalue weighted by atomic mass is 9.98. The SMILES string of the molecule is Cc1cccc(C(C)C)c1NC(=O)c1cnc(Cl)nc1. The van der Waals surface area contributed by atoms with Crippen LogP contribution in [0.5, 0.6) is 0 Å². The second kappa shape index (κ2) is 6.01. The molecule has 104 valence electrons. The van der Waals surface area contributed by atoms with Gasteiger partial charge in [0.25, 0.3) is 5.91 Å². The smallest absolute Gasteiger partial charge is 0.258 e. The summed E-state index contributed by atoms with van der Waals surface area (Å²) in [4.78, 5) is 19.8. The lowest BCUT2D eigenvalue weighted by molar-refractivity contribution is 0.102. The molecule has 0 bridgehead atoms. The third-order valence-corrected chi connectivity index (χ3v) is 3.24. The molecule has 0 aliphatic carbocycles. The molecule has 2 aromatic rings. The Balaban J connectivity index is 2.30. The van der Waals surface area contributed by atoms with Gasteiger partial charge in [-0.15, -0.1) is 0 Å². The number of aromatic nitrogens is 2. The third-order valence-electron chi connectivity index (χ3n) is 3.05. The zero-order chi connectivity index (χ0) is 14.7. The molecule has 1 amide bonds. The first-order valence-electron chi connectivity index (χ1n) is 6.37. The van der Waals surface area contributed by atoms with E-state index in [-0.39, 0.29) is 11.2 Å². The molecule has 1 heterocycles. The van der Waals surface area contributed by atoms with Crippen molar-refractivity contribution in [2.75, 3.05) is 5.32 Å². The number of para-hydroxylation sites is 1.